The number of rotatable bonds is 7. The van der Waals surface area contributed by atoms with Gasteiger partial charge in [-0.25, -0.2) is 9.78 Å². The molecular weight excluding hydrogens is 583 g/mol. The maximum atomic E-state index is 12.3. The molecule has 2 aromatic heterocycles. The van der Waals surface area contributed by atoms with Crippen molar-refractivity contribution in [3.63, 3.8) is 0 Å². The van der Waals surface area contributed by atoms with Gasteiger partial charge >= 0.3 is 5.97 Å². The van der Waals surface area contributed by atoms with Gasteiger partial charge in [-0.15, -0.1) is 11.3 Å². The summed E-state index contributed by atoms with van der Waals surface area (Å²) in [6.45, 7) is 0.357. The summed E-state index contributed by atoms with van der Waals surface area (Å²) in [4.78, 5) is 16.3. The topological polar surface area (TPSA) is 106 Å². The molecule has 4 aromatic rings. The molecule has 0 radical (unpaired) electrons. The number of benzene rings is 2. The highest BCUT2D eigenvalue weighted by atomic mass is 35.5. The number of ether oxygens (including phenoxy) is 1. The van der Waals surface area contributed by atoms with Crippen molar-refractivity contribution < 1.29 is 24.3 Å². The second-order valence-corrected chi connectivity index (χ2v) is 14.2. The number of carbonyl (C=O) groups is 1. The molecule has 5 aliphatic carbocycles. The van der Waals surface area contributed by atoms with Crippen LogP contribution in [0.4, 0.5) is 0 Å². The molecule has 41 heavy (non-hydrogen) atoms. The molecule has 0 aliphatic heterocycles. The summed E-state index contributed by atoms with van der Waals surface area (Å²) in [5.74, 6) is 0.786. The Balaban J connectivity index is 1.10. The first-order valence-electron chi connectivity index (χ1n) is 14.2. The van der Waals surface area contributed by atoms with Gasteiger partial charge in [0.2, 0.25) is 0 Å². The van der Waals surface area contributed by atoms with Crippen LogP contribution in [0, 0.1) is 17.8 Å². The number of nitrogens with zero attached hydrogens (tertiary/aromatic N) is 2. The molecule has 0 amide bonds. The second kappa shape index (κ2) is 9.25. The van der Waals surface area contributed by atoms with Crippen molar-refractivity contribution in [2.24, 2.45) is 17.8 Å². The van der Waals surface area contributed by atoms with E-state index >= 15 is 0 Å². The summed E-state index contributed by atoms with van der Waals surface area (Å²) < 4.78 is 13.6. The minimum absolute atomic E-state index is 0.0242. The maximum absolute atomic E-state index is 12.3. The Kier molecular flexibility index (Phi) is 5.90. The Morgan fingerprint density at radius 2 is 1.83 bits per heavy atom. The van der Waals surface area contributed by atoms with E-state index in [2.05, 4.69) is 5.16 Å². The lowest BCUT2D eigenvalue weighted by atomic mass is 9.48. The molecule has 2 N–H and O–H groups in total. The van der Waals surface area contributed by atoms with Crippen molar-refractivity contribution in [2.45, 2.75) is 68.7 Å². The molecule has 10 heteroatoms. The van der Waals surface area contributed by atoms with Crippen LogP contribution in [-0.4, -0.2) is 31.9 Å². The number of thiazole rings is 1. The van der Waals surface area contributed by atoms with Gasteiger partial charge in [-0.05, 0) is 93.0 Å². The summed E-state index contributed by atoms with van der Waals surface area (Å²) in [5.41, 5.74) is 1.83. The first-order chi connectivity index (χ1) is 19.7. The van der Waals surface area contributed by atoms with Gasteiger partial charge in [-0.2, -0.15) is 0 Å². The number of aromatic nitrogens is 2. The molecule has 7 nitrogen and oxygen atoms in total. The predicted octanol–water partition coefficient (Wildman–Crippen LogP) is 7.82. The monoisotopic (exact) mass is 610 g/mol. The van der Waals surface area contributed by atoms with Crippen molar-refractivity contribution in [3.8, 4) is 11.3 Å². The highest BCUT2D eigenvalue weighted by molar-refractivity contribution is 7.18. The maximum Gasteiger partial charge on any atom is 0.335 e. The van der Waals surface area contributed by atoms with E-state index in [1.807, 2.05) is 18.2 Å². The summed E-state index contributed by atoms with van der Waals surface area (Å²) in [7, 11) is 0. The molecule has 5 saturated carbocycles. The molecule has 0 saturated heterocycles. The fraction of sp³-hybridized carbons (Fsp3) is 0.452. The first-order valence-corrected chi connectivity index (χ1v) is 15.7. The van der Waals surface area contributed by atoms with E-state index in [1.165, 1.54) is 11.3 Å². The Labute approximate surface area is 250 Å². The third kappa shape index (κ3) is 4.09. The van der Waals surface area contributed by atoms with Crippen LogP contribution >= 0.6 is 34.5 Å². The Morgan fingerprint density at radius 3 is 2.51 bits per heavy atom. The Hall–Kier alpha value is -2.49. The zero-order chi connectivity index (χ0) is 28.1. The number of fused-ring (bicyclic) bond motifs is 1. The molecule has 212 valence electrons. The molecular formula is C31H28Cl2N2O5S. The lowest BCUT2D eigenvalue weighted by molar-refractivity contribution is -0.250. The lowest BCUT2D eigenvalue weighted by Gasteiger charge is -2.62. The Bertz CT molecular complexity index is 1680. The zero-order valence-corrected chi connectivity index (χ0v) is 24.4. The number of halogens is 2. The average molecular weight is 612 g/mol. The number of hydrogen-bond donors (Lipinski definition) is 2. The molecule has 2 heterocycles. The fourth-order valence-electron chi connectivity index (χ4n) is 7.94. The number of carboxylic acid groups (broad SMARTS) is 1. The number of aromatic carboxylic acids is 1. The van der Waals surface area contributed by atoms with Gasteiger partial charge in [0.05, 0.1) is 38.0 Å². The number of aliphatic hydroxyl groups is 1. The molecule has 4 bridgehead atoms. The molecule has 5 aliphatic rings. The minimum atomic E-state index is -1.04. The fourth-order valence-corrected chi connectivity index (χ4v) is 9.77. The average Bonchev–Trinajstić information content (AvgIpc) is 3.55. The van der Waals surface area contributed by atoms with Gasteiger partial charge in [0.25, 0.3) is 0 Å². The van der Waals surface area contributed by atoms with E-state index < -0.39 is 11.6 Å². The SMILES string of the molecule is O=C(O)c1ccc2nc([C@@]3(O)C4CC5C[C@H]3C[C@](OCc3c(-c6c(Cl)cccc6Cl)noc3C3CC3)(C5)C4)sc2c1. The van der Waals surface area contributed by atoms with Crippen LogP contribution in [0.5, 0.6) is 0 Å². The number of hydrogen-bond acceptors (Lipinski definition) is 7. The molecule has 2 unspecified atom stereocenters. The lowest BCUT2D eigenvalue weighted by Crippen LogP contribution is -2.62. The van der Waals surface area contributed by atoms with E-state index in [0.717, 1.165) is 66.5 Å². The van der Waals surface area contributed by atoms with Gasteiger partial charge < -0.3 is 19.5 Å². The van der Waals surface area contributed by atoms with Gasteiger partial charge in [-0.3, -0.25) is 0 Å². The van der Waals surface area contributed by atoms with Crippen molar-refractivity contribution in [1.29, 1.82) is 0 Å². The third-order valence-electron chi connectivity index (χ3n) is 9.84. The van der Waals surface area contributed by atoms with Crippen LogP contribution < -0.4 is 0 Å². The standard InChI is InChI=1S/C31H28Cl2N2O5S/c32-21-2-1-3-22(33)25(21)26-20(27(40-35-26)16-4-5-16)14-39-30-11-15-8-18(12-30)31(38,19(9-15)13-30)29-34-23-7-6-17(28(36)37)10-24(23)41-29/h1-3,6-7,10,15-16,18-19,38H,4-5,8-9,11-14H2,(H,36,37)/t15?,18-,19?,30+,31-/m0/s1. The van der Waals surface area contributed by atoms with Gasteiger partial charge in [0, 0.05) is 17.0 Å². The first kappa shape index (κ1) is 26.2. The molecule has 9 rings (SSSR count). The largest absolute Gasteiger partial charge is 0.478 e. The normalized spacial score (nSPS) is 30.4. The summed E-state index contributed by atoms with van der Waals surface area (Å²) in [5, 5.41) is 27.9. The third-order valence-corrected chi connectivity index (χ3v) is 11.6. The summed E-state index contributed by atoms with van der Waals surface area (Å²) >= 11 is 14.6. The zero-order valence-electron chi connectivity index (χ0n) is 22.1. The van der Waals surface area contributed by atoms with Crippen LogP contribution in [0.1, 0.15) is 77.6 Å². The van der Waals surface area contributed by atoms with E-state index in [-0.39, 0.29) is 23.0 Å². The second-order valence-electron chi connectivity index (χ2n) is 12.4. The van der Waals surface area contributed by atoms with Crippen molar-refractivity contribution in [3.05, 3.63) is 68.3 Å². The minimum Gasteiger partial charge on any atom is -0.478 e. The van der Waals surface area contributed by atoms with E-state index in [4.69, 9.17) is 37.4 Å². The Morgan fingerprint density at radius 1 is 1.10 bits per heavy atom. The smallest absolute Gasteiger partial charge is 0.335 e. The molecule has 5 atom stereocenters. The van der Waals surface area contributed by atoms with Crippen LogP contribution in [0.15, 0.2) is 40.9 Å². The summed E-state index contributed by atoms with van der Waals surface area (Å²) in [6.07, 6.45) is 6.49. The highest BCUT2D eigenvalue weighted by Gasteiger charge is 2.64. The van der Waals surface area contributed by atoms with Crippen molar-refractivity contribution in [2.75, 3.05) is 0 Å². The highest BCUT2D eigenvalue weighted by Crippen LogP contribution is 2.65. The van der Waals surface area contributed by atoms with Crippen molar-refractivity contribution >= 4 is 50.7 Å². The number of carboxylic acids is 1. The summed E-state index contributed by atoms with van der Waals surface area (Å²) in [6, 6.07) is 10.4. The van der Waals surface area contributed by atoms with E-state index in [9.17, 15) is 15.0 Å². The van der Waals surface area contributed by atoms with E-state index in [0.29, 0.717) is 44.8 Å². The quantitative estimate of drug-likeness (QED) is 0.220. The molecule has 5 fully saturated rings. The van der Waals surface area contributed by atoms with E-state index in [1.54, 1.807) is 18.2 Å². The molecule has 2 aromatic carbocycles. The van der Waals surface area contributed by atoms with Crippen molar-refractivity contribution in [1.82, 2.24) is 10.1 Å². The molecule has 0 spiro atoms. The predicted molar refractivity (Wildman–Crippen MR) is 155 cm³/mol. The van der Waals surface area contributed by atoms with Gasteiger partial charge in [-0.1, -0.05) is 34.4 Å². The van der Waals surface area contributed by atoms with Crippen LogP contribution in [0.3, 0.4) is 0 Å². The van der Waals surface area contributed by atoms with Gasteiger partial charge in [0.1, 0.15) is 22.1 Å². The van der Waals surface area contributed by atoms with Gasteiger partial charge in [0.15, 0.2) is 0 Å². The van der Waals surface area contributed by atoms with Crippen LogP contribution in [0.25, 0.3) is 21.5 Å². The van der Waals surface area contributed by atoms with Crippen LogP contribution in [0.2, 0.25) is 10.0 Å². The van der Waals surface area contributed by atoms with Crippen LogP contribution in [-0.2, 0) is 16.9 Å².